The van der Waals surface area contributed by atoms with Gasteiger partial charge in [0, 0.05) is 4.90 Å². The molecule has 84 valence electrons. The van der Waals surface area contributed by atoms with Crippen LogP contribution in [0.3, 0.4) is 0 Å². The zero-order valence-corrected chi connectivity index (χ0v) is 11.4. The van der Waals surface area contributed by atoms with Gasteiger partial charge < -0.3 is 0 Å². The van der Waals surface area contributed by atoms with Crippen molar-refractivity contribution in [2.75, 3.05) is 5.75 Å². The maximum atomic E-state index is 2.30. The van der Waals surface area contributed by atoms with Gasteiger partial charge in [0.15, 0.2) is 0 Å². The molecule has 0 fully saturated rings. The molecular formula is C14H22S. The fourth-order valence-electron chi connectivity index (χ4n) is 1.95. The topological polar surface area (TPSA) is 0 Å². The van der Waals surface area contributed by atoms with Crippen molar-refractivity contribution in [2.45, 2.75) is 51.9 Å². The largest absolute Gasteiger partial charge is 0.126 e. The summed E-state index contributed by atoms with van der Waals surface area (Å²) in [6, 6.07) is 4.57. The van der Waals surface area contributed by atoms with Crippen LogP contribution >= 0.6 is 11.8 Å². The number of hydrogen-bond donors (Lipinski definition) is 0. The van der Waals surface area contributed by atoms with E-state index in [-0.39, 0.29) is 0 Å². The second-order valence-corrected chi connectivity index (χ2v) is 5.49. The van der Waals surface area contributed by atoms with Crippen LogP contribution in [0.1, 0.15) is 50.3 Å². The number of hydrogen-bond acceptors (Lipinski definition) is 1. The quantitative estimate of drug-likeness (QED) is 0.660. The molecule has 0 radical (unpaired) electrons. The molecule has 0 unspecified atom stereocenters. The highest BCUT2D eigenvalue weighted by Gasteiger charge is 2.12. The highest BCUT2D eigenvalue weighted by atomic mass is 32.2. The molecule has 0 saturated heterocycles. The lowest BCUT2D eigenvalue weighted by molar-refractivity contribution is 0.829. The highest BCUT2D eigenvalue weighted by molar-refractivity contribution is 7.99. The van der Waals surface area contributed by atoms with E-state index in [9.17, 15) is 0 Å². The molecule has 0 bridgehead atoms. The van der Waals surface area contributed by atoms with Gasteiger partial charge in [0.2, 0.25) is 0 Å². The van der Waals surface area contributed by atoms with Crippen LogP contribution in [0.5, 0.6) is 0 Å². The minimum Gasteiger partial charge on any atom is -0.126 e. The summed E-state index contributed by atoms with van der Waals surface area (Å²) in [6.45, 7) is 11.3. The van der Waals surface area contributed by atoms with Crippen molar-refractivity contribution in [3.05, 3.63) is 28.8 Å². The number of rotatable bonds is 4. The number of thioether (sulfide) groups is 1. The smallest absolute Gasteiger partial charge is 0.0141 e. The van der Waals surface area contributed by atoms with Crippen molar-refractivity contribution >= 4 is 11.8 Å². The molecule has 0 spiro atoms. The van der Waals surface area contributed by atoms with E-state index in [1.54, 1.807) is 5.56 Å². The van der Waals surface area contributed by atoms with Gasteiger partial charge in [-0.2, -0.15) is 0 Å². The summed E-state index contributed by atoms with van der Waals surface area (Å²) in [7, 11) is 0. The van der Waals surface area contributed by atoms with Crippen LogP contribution in [0.15, 0.2) is 17.0 Å². The van der Waals surface area contributed by atoms with Crippen LogP contribution in [0.4, 0.5) is 0 Å². The average molecular weight is 222 g/mol. The van der Waals surface area contributed by atoms with Crippen LogP contribution < -0.4 is 0 Å². The SMILES string of the molecule is CCSc1c(C(C)C)ccc(C)c1CC. The monoisotopic (exact) mass is 222 g/mol. The van der Waals surface area contributed by atoms with Gasteiger partial charge in [-0.1, -0.05) is 39.8 Å². The van der Waals surface area contributed by atoms with Crippen molar-refractivity contribution in [1.82, 2.24) is 0 Å². The molecule has 15 heavy (non-hydrogen) atoms. The molecule has 0 aliphatic heterocycles. The third-order valence-electron chi connectivity index (χ3n) is 2.79. The maximum Gasteiger partial charge on any atom is 0.0141 e. The molecule has 0 nitrogen and oxygen atoms in total. The van der Waals surface area contributed by atoms with Gasteiger partial charge in [-0.3, -0.25) is 0 Å². The van der Waals surface area contributed by atoms with Crippen molar-refractivity contribution in [3.63, 3.8) is 0 Å². The lowest BCUT2D eigenvalue weighted by atomic mass is 9.96. The van der Waals surface area contributed by atoms with E-state index in [0.717, 1.165) is 12.2 Å². The summed E-state index contributed by atoms with van der Waals surface area (Å²) >= 11 is 2.00. The van der Waals surface area contributed by atoms with E-state index < -0.39 is 0 Å². The van der Waals surface area contributed by atoms with E-state index >= 15 is 0 Å². The first-order valence-electron chi connectivity index (χ1n) is 5.86. The average Bonchev–Trinajstić information content (AvgIpc) is 2.18. The second-order valence-electron chi connectivity index (χ2n) is 4.22. The van der Waals surface area contributed by atoms with E-state index in [1.165, 1.54) is 16.0 Å². The Kier molecular flexibility index (Phi) is 4.72. The van der Waals surface area contributed by atoms with Gasteiger partial charge in [-0.25, -0.2) is 0 Å². The van der Waals surface area contributed by atoms with Crippen molar-refractivity contribution in [3.8, 4) is 0 Å². The Morgan fingerprint density at radius 3 is 2.33 bits per heavy atom. The van der Waals surface area contributed by atoms with E-state index in [0.29, 0.717) is 5.92 Å². The second kappa shape index (κ2) is 5.60. The Morgan fingerprint density at radius 2 is 1.87 bits per heavy atom. The zero-order valence-electron chi connectivity index (χ0n) is 10.6. The molecule has 0 N–H and O–H groups in total. The van der Waals surface area contributed by atoms with Gasteiger partial charge >= 0.3 is 0 Å². The predicted molar refractivity (Wildman–Crippen MR) is 71.0 cm³/mol. The van der Waals surface area contributed by atoms with Gasteiger partial charge in [0.1, 0.15) is 0 Å². The Balaban J connectivity index is 3.28. The van der Waals surface area contributed by atoms with Crippen LogP contribution in [-0.4, -0.2) is 5.75 Å². The van der Waals surface area contributed by atoms with Crippen molar-refractivity contribution in [1.29, 1.82) is 0 Å². The Morgan fingerprint density at radius 1 is 1.20 bits per heavy atom. The van der Waals surface area contributed by atoms with Gasteiger partial charge in [-0.05, 0) is 41.7 Å². The molecule has 0 amide bonds. The molecule has 1 rings (SSSR count). The highest BCUT2D eigenvalue weighted by Crippen LogP contribution is 2.33. The summed E-state index contributed by atoms with van der Waals surface area (Å²) in [5.41, 5.74) is 4.51. The van der Waals surface area contributed by atoms with Gasteiger partial charge in [0.05, 0.1) is 0 Å². The van der Waals surface area contributed by atoms with E-state index in [4.69, 9.17) is 0 Å². The molecule has 1 heteroatoms. The summed E-state index contributed by atoms with van der Waals surface area (Å²) in [6.07, 6.45) is 1.15. The molecule has 0 atom stereocenters. The maximum absolute atomic E-state index is 2.30. The minimum atomic E-state index is 0.630. The normalized spacial score (nSPS) is 11.1. The lowest BCUT2D eigenvalue weighted by Gasteiger charge is -2.17. The fourth-order valence-corrected chi connectivity index (χ4v) is 3.19. The molecule has 1 aromatic carbocycles. The van der Waals surface area contributed by atoms with Gasteiger partial charge in [-0.15, -0.1) is 11.8 Å². The number of benzene rings is 1. The molecular weight excluding hydrogens is 200 g/mol. The first-order chi connectivity index (χ1) is 7.11. The van der Waals surface area contributed by atoms with Crippen LogP contribution in [0.25, 0.3) is 0 Å². The fraction of sp³-hybridized carbons (Fsp3) is 0.571. The predicted octanol–water partition coefficient (Wildman–Crippen LogP) is 4.79. The standard InChI is InChI=1S/C14H22S/c1-6-12-11(5)8-9-13(10(3)4)14(12)15-7-2/h8-10H,6-7H2,1-5H3. The molecule has 0 saturated carbocycles. The minimum absolute atomic E-state index is 0.630. The first kappa shape index (κ1) is 12.6. The Bertz CT molecular complexity index is 326. The zero-order chi connectivity index (χ0) is 11.4. The molecule has 0 heterocycles. The summed E-state index contributed by atoms with van der Waals surface area (Å²) < 4.78 is 0. The third-order valence-corrected chi connectivity index (χ3v) is 3.85. The van der Waals surface area contributed by atoms with Crippen LogP contribution in [0.2, 0.25) is 0 Å². The van der Waals surface area contributed by atoms with Crippen molar-refractivity contribution < 1.29 is 0 Å². The third kappa shape index (κ3) is 2.78. The van der Waals surface area contributed by atoms with Crippen molar-refractivity contribution in [2.24, 2.45) is 0 Å². The summed E-state index contributed by atoms with van der Waals surface area (Å²) in [4.78, 5) is 1.54. The molecule has 0 aliphatic rings. The summed E-state index contributed by atoms with van der Waals surface area (Å²) in [5.74, 6) is 1.79. The Labute approximate surface area is 98.5 Å². The van der Waals surface area contributed by atoms with E-state index in [1.807, 2.05) is 11.8 Å². The molecule has 1 aromatic rings. The van der Waals surface area contributed by atoms with Crippen LogP contribution in [0, 0.1) is 6.92 Å². The molecule has 0 aliphatic carbocycles. The summed E-state index contributed by atoms with van der Waals surface area (Å²) in [5, 5.41) is 0. The Hall–Kier alpha value is -0.430. The molecule has 0 aromatic heterocycles. The number of aryl methyl sites for hydroxylation is 1. The van der Waals surface area contributed by atoms with Gasteiger partial charge in [0.25, 0.3) is 0 Å². The lowest BCUT2D eigenvalue weighted by Crippen LogP contribution is -1.98. The first-order valence-corrected chi connectivity index (χ1v) is 6.85. The van der Waals surface area contributed by atoms with E-state index in [2.05, 4.69) is 46.8 Å². The van der Waals surface area contributed by atoms with Crippen LogP contribution in [-0.2, 0) is 6.42 Å².